The van der Waals surface area contributed by atoms with E-state index in [0.717, 1.165) is 5.69 Å². The van der Waals surface area contributed by atoms with E-state index in [1.165, 1.54) is 0 Å². The molecular weight excluding hydrogens is 216 g/mol. The molecule has 0 aliphatic rings. The number of aromatic nitrogens is 1. The van der Waals surface area contributed by atoms with Crippen molar-refractivity contribution in [2.45, 2.75) is 39.3 Å². The molecule has 0 spiro atoms. The molecule has 4 nitrogen and oxygen atoms in total. The molecule has 0 fully saturated rings. The maximum Gasteiger partial charge on any atom is 0.246 e. The molecule has 1 aromatic heterocycles. The minimum Gasteiger partial charge on any atom is -0.366 e. The van der Waals surface area contributed by atoms with Gasteiger partial charge in [0.2, 0.25) is 5.91 Å². The Morgan fingerprint density at radius 2 is 2.18 bits per heavy atom. The number of pyridine rings is 1. The molecule has 1 N–H and O–H groups in total. The van der Waals surface area contributed by atoms with Gasteiger partial charge in [-0.15, -0.1) is 0 Å². The number of nitrogens with one attached hydrogen (secondary N) is 1. The Balaban J connectivity index is 2.42. The number of ether oxygens (including phenoxy) is 1. The average molecular weight is 236 g/mol. The van der Waals surface area contributed by atoms with Gasteiger partial charge in [0.15, 0.2) is 0 Å². The lowest BCUT2D eigenvalue weighted by Crippen LogP contribution is -2.33. The van der Waals surface area contributed by atoms with E-state index in [0.29, 0.717) is 0 Å². The number of amides is 1. The van der Waals surface area contributed by atoms with Crippen LogP contribution in [0.5, 0.6) is 0 Å². The first kappa shape index (κ1) is 13.6. The van der Waals surface area contributed by atoms with E-state index in [1.54, 1.807) is 6.20 Å². The molecule has 1 amide bonds. The van der Waals surface area contributed by atoms with Crippen LogP contribution in [0.4, 0.5) is 0 Å². The number of carbonyl (C=O) groups excluding carboxylic acids is 1. The largest absolute Gasteiger partial charge is 0.366 e. The highest BCUT2D eigenvalue weighted by atomic mass is 16.5. The minimum atomic E-state index is -0.300. The van der Waals surface area contributed by atoms with Crippen molar-refractivity contribution in [3.63, 3.8) is 0 Å². The Labute approximate surface area is 102 Å². The van der Waals surface area contributed by atoms with Gasteiger partial charge in [-0.2, -0.15) is 0 Å². The van der Waals surface area contributed by atoms with Gasteiger partial charge in [-0.25, -0.2) is 0 Å². The van der Waals surface area contributed by atoms with Crippen molar-refractivity contribution in [1.29, 1.82) is 0 Å². The topological polar surface area (TPSA) is 51.2 Å². The van der Waals surface area contributed by atoms with Crippen LogP contribution < -0.4 is 5.32 Å². The predicted molar refractivity (Wildman–Crippen MR) is 66.5 cm³/mol. The number of carbonyl (C=O) groups is 1. The Kier molecular flexibility index (Phi) is 4.63. The van der Waals surface area contributed by atoms with Crippen molar-refractivity contribution in [2.24, 2.45) is 0 Å². The highest BCUT2D eigenvalue weighted by molar-refractivity contribution is 5.77. The highest BCUT2D eigenvalue weighted by Crippen LogP contribution is 2.09. The third-order valence-corrected chi connectivity index (χ3v) is 2.15. The fraction of sp³-hybridized carbons (Fsp3) is 0.538. The SMILES string of the molecule is CC(NC(=O)COC(C)(C)C)c1ccccn1. The van der Waals surface area contributed by atoms with Crippen LogP contribution in [0.3, 0.4) is 0 Å². The van der Waals surface area contributed by atoms with E-state index in [4.69, 9.17) is 4.74 Å². The van der Waals surface area contributed by atoms with Gasteiger partial charge >= 0.3 is 0 Å². The molecule has 17 heavy (non-hydrogen) atoms. The first-order valence-corrected chi connectivity index (χ1v) is 5.73. The van der Waals surface area contributed by atoms with E-state index in [1.807, 2.05) is 45.9 Å². The number of hydrogen-bond donors (Lipinski definition) is 1. The molecule has 4 heteroatoms. The van der Waals surface area contributed by atoms with E-state index in [9.17, 15) is 4.79 Å². The van der Waals surface area contributed by atoms with Gasteiger partial charge in [-0.05, 0) is 39.8 Å². The Bertz CT molecular complexity index is 357. The molecule has 1 unspecified atom stereocenters. The van der Waals surface area contributed by atoms with E-state index >= 15 is 0 Å². The summed E-state index contributed by atoms with van der Waals surface area (Å²) in [5.74, 6) is -0.127. The maximum absolute atomic E-state index is 11.6. The number of rotatable bonds is 4. The van der Waals surface area contributed by atoms with Crippen LogP contribution in [0, 0.1) is 0 Å². The predicted octanol–water partition coefficient (Wildman–Crippen LogP) is 2.07. The molecular formula is C13H20N2O2. The summed E-state index contributed by atoms with van der Waals surface area (Å²) in [6.07, 6.45) is 1.71. The van der Waals surface area contributed by atoms with E-state index in [-0.39, 0.29) is 24.2 Å². The summed E-state index contributed by atoms with van der Waals surface area (Å²) in [6.45, 7) is 7.73. The second-order valence-corrected chi connectivity index (χ2v) is 4.94. The molecule has 0 bridgehead atoms. The molecule has 1 rings (SSSR count). The van der Waals surface area contributed by atoms with E-state index < -0.39 is 0 Å². The molecule has 1 atom stereocenters. The number of nitrogens with zero attached hydrogens (tertiary/aromatic N) is 1. The molecule has 0 aliphatic carbocycles. The Morgan fingerprint density at radius 1 is 1.47 bits per heavy atom. The summed E-state index contributed by atoms with van der Waals surface area (Å²) < 4.78 is 5.40. The van der Waals surface area contributed by atoms with Crippen LogP contribution in [0.25, 0.3) is 0 Å². The summed E-state index contributed by atoms with van der Waals surface area (Å²) in [5.41, 5.74) is 0.544. The lowest BCUT2D eigenvalue weighted by atomic mass is 10.2. The van der Waals surface area contributed by atoms with Crippen molar-refractivity contribution in [3.8, 4) is 0 Å². The van der Waals surface area contributed by atoms with Crippen LogP contribution >= 0.6 is 0 Å². The first-order chi connectivity index (χ1) is 7.88. The summed E-state index contributed by atoms with van der Waals surface area (Å²) >= 11 is 0. The van der Waals surface area contributed by atoms with Gasteiger partial charge in [-0.1, -0.05) is 6.07 Å². The lowest BCUT2D eigenvalue weighted by Gasteiger charge is -2.20. The second kappa shape index (κ2) is 5.77. The standard InChI is InChI=1S/C13H20N2O2/c1-10(11-7-5-6-8-14-11)15-12(16)9-17-13(2,3)4/h5-8,10H,9H2,1-4H3,(H,15,16). The molecule has 0 saturated heterocycles. The summed E-state index contributed by atoms with van der Waals surface area (Å²) in [4.78, 5) is 15.8. The fourth-order valence-corrected chi connectivity index (χ4v) is 1.27. The van der Waals surface area contributed by atoms with Crippen LogP contribution in [-0.4, -0.2) is 23.1 Å². The maximum atomic E-state index is 11.6. The van der Waals surface area contributed by atoms with Crippen molar-refractivity contribution >= 4 is 5.91 Å². The summed E-state index contributed by atoms with van der Waals surface area (Å²) in [5, 5.41) is 2.84. The molecule has 1 aromatic rings. The van der Waals surface area contributed by atoms with Gasteiger partial charge in [0.1, 0.15) is 6.61 Å². The minimum absolute atomic E-state index is 0.0701. The molecule has 0 radical (unpaired) electrons. The molecule has 94 valence electrons. The monoisotopic (exact) mass is 236 g/mol. The van der Waals surface area contributed by atoms with Crippen LogP contribution in [0.2, 0.25) is 0 Å². The molecule has 0 aliphatic heterocycles. The zero-order chi connectivity index (χ0) is 12.9. The van der Waals surface area contributed by atoms with Crippen molar-refractivity contribution in [1.82, 2.24) is 10.3 Å². The van der Waals surface area contributed by atoms with E-state index in [2.05, 4.69) is 10.3 Å². The second-order valence-electron chi connectivity index (χ2n) is 4.94. The zero-order valence-corrected chi connectivity index (χ0v) is 10.9. The van der Waals surface area contributed by atoms with Crippen LogP contribution in [-0.2, 0) is 9.53 Å². The molecule has 0 aromatic carbocycles. The number of hydrogen-bond acceptors (Lipinski definition) is 3. The fourth-order valence-electron chi connectivity index (χ4n) is 1.27. The van der Waals surface area contributed by atoms with Crippen molar-refractivity contribution in [2.75, 3.05) is 6.61 Å². The molecule has 0 saturated carbocycles. The van der Waals surface area contributed by atoms with Crippen LogP contribution in [0.1, 0.15) is 39.4 Å². The van der Waals surface area contributed by atoms with Gasteiger partial charge in [-0.3, -0.25) is 9.78 Å². The third kappa shape index (κ3) is 5.45. The normalized spacial score (nSPS) is 13.2. The van der Waals surface area contributed by atoms with Gasteiger partial charge in [0.25, 0.3) is 0 Å². The summed E-state index contributed by atoms with van der Waals surface area (Å²) in [7, 11) is 0. The van der Waals surface area contributed by atoms with Crippen molar-refractivity contribution in [3.05, 3.63) is 30.1 Å². The van der Waals surface area contributed by atoms with Crippen LogP contribution in [0.15, 0.2) is 24.4 Å². The van der Waals surface area contributed by atoms with Crippen molar-refractivity contribution < 1.29 is 9.53 Å². The average Bonchev–Trinajstić information content (AvgIpc) is 2.27. The van der Waals surface area contributed by atoms with Gasteiger partial charge < -0.3 is 10.1 Å². The first-order valence-electron chi connectivity index (χ1n) is 5.73. The molecule has 1 heterocycles. The highest BCUT2D eigenvalue weighted by Gasteiger charge is 2.15. The smallest absolute Gasteiger partial charge is 0.246 e. The van der Waals surface area contributed by atoms with Gasteiger partial charge in [0, 0.05) is 6.20 Å². The van der Waals surface area contributed by atoms with Gasteiger partial charge in [0.05, 0.1) is 17.3 Å². The Hall–Kier alpha value is -1.42. The quantitative estimate of drug-likeness (QED) is 0.870. The lowest BCUT2D eigenvalue weighted by molar-refractivity contribution is -0.131. The zero-order valence-electron chi connectivity index (χ0n) is 10.9. The third-order valence-electron chi connectivity index (χ3n) is 2.15. The summed E-state index contributed by atoms with van der Waals surface area (Å²) in [6, 6.07) is 5.53. The Morgan fingerprint density at radius 3 is 2.71 bits per heavy atom.